The number of ketones is 2. The van der Waals surface area contributed by atoms with Gasteiger partial charge in [-0.05, 0) is 160 Å². The van der Waals surface area contributed by atoms with Crippen LogP contribution in [0, 0.1) is 29.6 Å². The van der Waals surface area contributed by atoms with Crippen molar-refractivity contribution in [3.63, 3.8) is 0 Å². The number of esters is 1. The number of aliphatic hydroxyl groups is 3. The number of aliphatic hydroxyl groups excluding tert-OH is 2. The SMILES string of the molecule is CO[C@H]1C[C@@H]2CC[C@@H](C)[C@@](O)(O2)C(=O)C(=O)N2CCCC[C@H]2C(=O)O[C@H]([C@H](N)C[C@@H]2CC[C@@H](OC(=O)NCCOCCOCCOCCOCCOCCOCCOCCOCCC(=O)N3CCc4cc(Cn5nc(-c6ccc7oc(N)nc7c6)c6c(N)ncnc65)ccc4C3)[C@H](OC)C2)CC(N=[N+]=[N-])[C@H](C)/C=C(\C)[C@@H](O)[C@@H](O)C(=O)[C@H](C)C[C@H](C)/C=C/C=CC=C1C. The molecule has 16 atom stereocenters. The van der Waals surface area contributed by atoms with E-state index in [1.165, 1.54) is 19.0 Å². The van der Waals surface area contributed by atoms with Gasteiger partial charge in [0.2, 0.25) is 11.7 Å². The number of hydrogen-bond donors (Lipinski definition) is 7. The molecule has 3 aromatic heterocycles. The number of nitrogens with one attached hydrogen (secondary N) is 1. The molecule has 5 aromatic rings. The third kappa shape index (κ3) is 29.4. The minimum Gasteiger partial charge on any atom is -0.459 e. The van der Waals surface area contributed by atoms with Gasteiger partial charge in [0.05, 0.1) is 142 Å². The summed E-state index contributed by atoms with van der Waals surface area (Å²) in [6.45, 7) is 17.9. The first-order valence-corrected chi connectivity index (χ1v) is 44.8. The number of oxazole rings is 1. The molecule has 2 saturated heterocycles. The summed E-state index contributed by atoms with van der Waals surface area (Å²) in [5.74, 6) is -8.22. The lowest BCUT2D eigenvalue weighted by Gasteiger charge is -2.43. The van der Waals surface area contributed by atoms with Gasteiger partial charge in [-0.25, -0.2) is 24.2 Å². The molecule has 0 radical (unpaired) electrons. The third-order valence-electron chi connectivity index (χ3n) is 24.4. The average molecular weight is 1790 g/mol. The van der Waals surface area contributed by atoms with Gasteiger partial charge < -0.3 is 114 Å². The number of carbonyl (C=O) groups is 6. The van der Waals surface area contributed by atoms with Crippen LogP contribution in [-0.2, 0) is 105 Å². The smallest absolute Gasteiger partial charge is 0.407 e. The molecule has 0 spiro atoms. The van der Waals surface area contributed by atoms with E-state index in [-0.39, 0.29) is 87.7 Å². The molecule has 2 aromatic carbocycles. The number of ether oxygens (including phenoxy) is 13. The molecule has 1 saturated carbocycles. The number of amides is 3. The van der Waals surface area contributed by atoms with Crippen molar-refractivity contribution in [2.45, 2.75) is 211 Å². The van der Waals surface area contributed by atoms with Crippen molar-refractivity contribution < 1.29 is 110 Å². The Labute approximate surface area is 747 Å². The second kappa shape index (κ2) is 51.4. The monoisotopic (exact) mass is 1790 g/mol. The first-order chi connectivity index (χ1) is 61.8. The molecule has 704 valence electrons. The molecule has 37 heteroatoms. The number of hydrogen-bond acceptors (Lipinski definition) is 31. The molecule has 37 nitrogen and oxygen atoms in total. The van der Waals surface area contributed by atoms with Crippen LogP contribution in [0.15, 0.2) is 99.9 Å². The number of allylic oxidation sites excluding steroid dienone is 5. The van der Waals surface area contributed by atoms with Crippen LogP contribution >= 0.6 is 0 Å². The van der Waals surface area contributed by atoms with E-state index < -0.39 is 114 Å². The molecule has 7 heterocycles. The topological polar surface area (TPSA) is 498 Å². The quantitative estimate of drug-likeness (QED) is 0.00373. The van der Waals surface area contributed by atoms with E-state index in [1.54, 1.807) is 46.9 Å². The van der Waals surface area contributed by atoms with Crippen LogP contribution in [0.25, 0.3) is 43.8 Å². The Kier molecular flexibility index (Phi) is 40.5. The van der Waals surface area contributed by atoms with Gasteiger partial charge >= 0.3 is 12.1 Å². The van der Waals surface area contributed by atoms with Crippen molar-refractivity contribution in [2.75, 3.05) is 151 Å². The number of azide groups is 1. The normalized spacial score (nSPS) is 26.7. The van der Waals surface area contributed by atoms with Gasteiger partial charge in [0.25, 0.3) is 17.7 Å². The summed E-state index contributed by atoms with van der Waals surface area (Å²) in [7, 11) is 3.07. The van der Waals surface area contributed by atoms with Crippen LogP contribution in [0.2, 0.25) is 0 Å². The lowest BCUT2D eigenvalue weighted by atomic mass is 9.80. The van der Waals surface area contributed by atoms with Gasteiger partial charge in [0, 0.05) is 81.2 Å². The molecule has 10 rings (SSSR count). The number of carbonyl (C=O) groups excluding carboxylic acids is 6. The number of methoxy groups -OCH3 is 2. The highest BCUT2D eigenvalue weighted by Crippen LogP contribution is 2.39. The number of fused-ring (bicyclic) bond motifs is 6. The Morgan fingerprint density at radius 3 is 2.09 bits per heavy atom. The third-order valence-corrected chi connectivity index (χ3v) is 24.4. The number of cyclic esters (lactones) is 1. The van der Waals surface area contributed by atoms with Crippen molar-refractivity contribution in [1.29, 1.82) is 0 Å². The van der Waals surface area contributed by atoms with Gasteiger partial charge in [-0.3, -0.25) is 19.2 Å². The van der Waals surface area contributed by atoms with Gasteiger partial charge in [0.1, 0.15) is 53.8 Å². The van der Waals surface area contributed by atoms with Crippen LogP contribution in [0.1, 0.15) is 142 Å². The standard InChI is InChI=1S/C91H132N14O23/c1-57-14-10-9-11-15-58(2)75(115-7)52-68-22-17-62(6)91(114,128-68)84(110)87(111)104-28-13-12-16-72(104)88(112)125-76(53-70(100-102-95)59(3)47-61(5)82(108)83(109)81(107)60(4)46-57)69(92)49-63-19-23-74(77(50-63)116-8)127-90(113)96-27-31-118-33-35-120-37-39-122-41-43-124-45-44-123-42-40-121-38-36-119-34-32-117-30-26-78(106)103-29-25-65-48-64(18-20-67(65)55-103)54-105-86-79(85(93)97-56-98-86)80(101-105)66-21-24-73-71(51-66)99-89(94)126-73/h9-11,14-15,18,20-21,24,47-48,51,56-57,59-60,62-63,68-70,72,74-77,82-83,108-109,114H,12-13,16-17,19,22-23,25-46,49-50,52-55,92H2,1-8H3,(H2,94,99)(H,96,113)(H2,93,97,98)/b11-9?,14-10+,58-15?,61-47+/t57-,59-,60-,62-,63+,68+,69-,70?,72+,74-,75+,76+,77-,82-,83+,91-/m1/s1. The number of nitrogen functional groups attached to an aromatic ring is 2. The van der Waals surface area contributed by atoms with Crippen molar-refractivity contribution in [3.8, 4) is 11.3 Å². The minimum atomic E-state index is -2.51. The predicted octanol–water partition coefficient (Wildman–Crippen LogP) is 8.33. The van der Waals surface area contributed by atoms with E-state index >= 15 is 0 Å². The van der Waals surface area contributed by atoms with E-state index in [1.807, 2.05) is 65.9 Å². The molecule has 5 aliphatic rings. The van der Waals surface area contributed by atoms with Gasteiger partial charge in [-0.2, -0.15) is 10.1 Å². The highest BCUT2D eigenvalue weighted by molar-refractivity contribution is 6.39. The Morgan fingerprint density at radius 1 is 0.734 bits per heavy atom. The zero-order valence-electron chi connectivity index (χ0n) is 75.1. The van der Waals surface area contributed by atoms with E-state index in [0.29, 0.717) is 197 Å². The van der Waals surface area contributed by atoms with Gasteiger partial charge in [-0.15, -0.1) is 0 Å². The maximum Gasteiger partial charge on any atom is 0.407 e. The number of nitrogens with two attached hydrogens (primary N) is 3. The molecule has 128 heavy (non-hydrogen) atoms. The second-order valence-corrected chi connectivity index (χ2v) is 33.8. The number of nitrogens with zero attached hydrogens (tertiary/aromatic N) is 10. The lowest BCUT2D eigenvalue weighted by Crippen LogP contribution is -2.61. The maximum atomic E-state index is 14.8. The summed E-state index contributed by atoms with van der Waals surface area (Å²) in [4.78, 5) is 103. The average Bonchev–Trinajstić information content (AvgIpc) is 1.59. The predicted molar refractivity (Wildman–Crippen MR) is 472 cm³/mol. The molecule has 1 unspecified atom stereocenters. The molecule has 4 aliphatic heterocycles. The summed E-state index contributed by atoms with van der Waals surface area (Å²) >= 11 is 0. The van der Waals surface area contributed by atoms with Crippen LogP contribution in [-0.4, -0.2) is 291 Å². The first kappa shape index (κ1) is 101. The highest BCUT2D eigenvalue weighted by Gasteiger charge is 2.53. The van der Waals surface area contributed by atoms with Crippen molar-refractivity contribution in [2.24, 2.45) is 40.4 Å². The molecule has 3 fully saturated rings. The number of anilines is 2. The molecule has 2 bridgehead atoms. The van der Waals surface area contributed by atoms with Crippen LogP contribution in [0.5, 0.6) is 0 Å². The highest BCUT2D eigenvalue weighted by atomic mass is 16.6. The van der Waals surface area contributed by atoms with Crippen LogP contribution in [0.4, 0.5) is 16.6 Å². The summed E-state index contributed by atoms with van der Waals surface area (Å²) < 4.78 is 82.6. The van der Waals surface area contributed by atoms with Crippen molar-refractivity contribution >= 4 is 69.4 Å². The van der Waals surface area contributed by atoms with Crippen LogP contribution in [0.3, 0.4) is 0 Å². The van der Waals surface area contributed by atoms with E-state index in [9.17, 15) is 49.6 Å². The molecular weight excluding hydrogens is 1660 g/mol. The summed E-state index contributed by atoms with van der Waals surface area (Å²) in [5.41, 5.74) is 36.9. The molecule has 3 amide bonds. The number of rotatable bonds is 37. The van der Waals surface area contributed by atoms with Gasteiger partial charge in [-0.1, -0.05) is 87.5 Å². The number of Topliss-reactive ketones (excluding diaryl/α,β-unsaturated/α-hetero) is 2. The fourth-order valence-electron chi connectivity index (χ4n) is 17.0. The second-order valence-electron chi connectivity index (χ2n) is 33.8. The van der Waals surface area contributed by atoms with Crippen molar-refractivity contribution in [3.05, 3.63) is 117 Å². The number of benzene rings is 2. The maximum absolute atomic E-state index is 14.8. The van der Waals surface area contributed by atoms with E-state index in [2.05, 4.69) is 48.5 Å². The first-order valence-electron chi connectivity index (χ1n) is 44.8. The van der Waals surface area contributed by atoms with Crippen LogP contribution < -0.4 is 22.5 Å². The number of alkyl carbamates (subject to hydrolysis) is 1. The molecular formula is C91H132N14O23. The zero-order chi connectivity index (χ0) is 91.7. The fourth-order valence-corrected chi connectivity index (χ4v) is 17.0. The Balaban J connectivity index is 0.558. The Bertz CT molecular complexity index is 4590. The van der Waals surface area contributed by atoms with Crippen molar-refractivity contribution in [1.82, 2.24) is 39.8 Å². The fraction of sp³-hybridized carbons (Fsp3) is 0.648. The summed E-state index contributed by atoms with van der Waals surface area (Å²) in [5, 5.41) is 47.3. The number of aromatic nitrogens is 5. The molecule has 10 N–H and O–H groups in total. The zero-order valence-corrected chi connectivity index (χ0v) is 75.1. The largest absolute Gasteiger partial charge is 0.459 e. The van der Waals surface area contributed by atoms with Gasteiger partial charge in [0.15, 0.2) is 17.0 Å². The summed E-state index contributed by atoms with van der Waals surface area (Å²) in [6, 6.07) is 8.72. The van der Waals surface area contributed by atoms with E-state index in [0.717, 1.165) is 33.6 Å². The Hall–Kier alpha value is -9.25. The van der Waals surface area contributed by atoms with E-state index in [4.69, 9.17) is 88.3 Å². The Morgan fingerprint density at radius 2 is 1.41 bits per heavy atom. The molecule has 1 aliphatic carbocycles. The summed E-state index contributed by atoms with van der Waals surface area (Å²) in [6.07, 6.45) is 9.75. The minimum absolute atomic E-state index is 0.000102. The lowest BCUT2D eigenvalue weighted by molar-refractivity contribution is -0.265. The number of piperidine rings is 1.